The Morgan fingerprint density at radius 2 is 1.85 bits per heavy atom. The van der Waals surface area contributed by atoms with Crippen molar-refractivity contribution < 1.29 is 13.5 Å². The lowest BCUT2D eigenvalue weighted by molar-refractivity contribution is 0.290. The normalized spacial score (nSPS) is 10.9. The fourth-order valence-corrected chi connectivity index (χ4v) is 2.71. The summed E-state index contributed by atoms with van der Waals surface area (Å²) in [5, 5.41) is 0. The van der Waals surface area contributed by atoms with Gasteiger partial charge in [0.15, 0.2) is 5.82 Å². The highest BCUT2D eigenvalue weighted by molar-refractivity contribution is 6.30. The van der Waals surface area contributed by atoms with E-state index in [0.29, 0.717) is 28.3 Å². The summed E-state index contributed by atoms with van der Waals surface area (Å²) in [4.78, 5) is 20.6. The van der Waals surface area contributed by atoms with Crippen LogP contribution in [-0.4, -0.2) is 22.4 Å². The molecule has 0 aromatic carbocycles. The molecule has 0 fully saturated rings. The van der Waals surface area contributed by atoms with E-state index in [1.165, 1.54) is 4.57 Å². The fraction of sp³-hybridized carbons (Fsp3) is 0.211. The average molecular weight is 367 g/mol. The van der Waals surface area contributed by atoms with Crippen molar-refractivity contribution in [2.75, 3.05) is 0 Å². The third-order valence-corrected chi connectivity index (χ3v) is 4.17. The van der Waals surface area contributed by atoms with Gasteiger partial charge < -0.3 is 4.74 Å². The average Bonchev–Trinajstić information content (AvgIpc) is 2.61. The van der Waals surface area contributed by atoms with Crippen LogP contribution in [0.25, 0.3) is 5.69 Å². The second-order valence-electron chi connectivity index (χ2n) is 6.18. The van der Waals surface area contributed by atoms with Gasteiger partial charge in [0.05, 0.1) is 17.4 Å². The van der Waals surface area contributed by atoms with Gasteiger partial charge in [-0.1, -0.05) is 0 Å². The molecule has 0 aliphatic carbocycles. The zero-order chi connectivity index (χ0) is 19.7. The van der Waals surface area contributed by atoms with Crippen LogP contribution in [0, 0.1) is 32.4 Å². The predicted octanol–water partition coefficient (Wildman–Crippen LogP) is 2.20. The number of rotatable bonds is 4. The fourth-order valence-electron chi connectivity index (χ4n) is 2.71. The molecule has 2 radical (unpaired) electrons. The highest BCUT2D eigenvalue weighted by Crippen LogP contribution is 2.21. The van der Waals surface area contributed by atoms with Crippen molar-refractivity contribution in [1.29, 1.82) is 0 Å². The van der Waals surface area contributed by atoms with E-state index in [4.69, 9.17) is 12.6 Å². The van der Waals surface area contributed by atoms with E-state index >= 15 is 0 Å². The monoisotopic (exact) mass is 367 g/mol. The number of aromatic nitrogens is 3. The Morgan fingerprint density at radius 3 is 2.56 bits per heavy atom. The Labute approximate surface area is 156 Å². The van der Waals surface area contributed by atoms with Gasteiger partial charge in [-0.2, -0.15) is 0 Å². The molecular formula is C19H16BF2N3O2. The molecular weight excluding hydrogens is 351 g/mol. The van der Waals surface area contributed by atoms with Crippen LogP contribution in [-0.2, 0) is 6.61 Å². The molecule has 3 heterocycles. The lowest BCUT2D eigenvalue weighted by atomic mass is 10.0. The molecule has 0 bridgehead atoms. The molecule has 3 aromatic heterocycles. The van der Waals surface area contributed by atoms with Crippen LogP contribution < -0.4 is 15.9 Å². The molecule has 136 valence electrons. The predicted molar refractivity (Wildman–Crippen MR) is 97.9 cm³/mol. The molecule has 5 nitrogen and oxygen atoms in total. The summed E-state index contributed by atoms with van der Waals surface area (Å²) in [6.45, 7) is 4.97. The second-order valence-corrected chi connectivity index (χ2v) is 6.18. The highest BCUT2D eigenvalue weighted by atomic mass is 19.1. The van der Waals surface area contributed by atoms with Crippen molar-refractivity contribution in [1.82, 2.24) is 14.5 Å². The molecule has 0 aliphatic rings. The number of ether oxygens (including phenoxy) is 1. The number of nitrogens with zero attached hydrogens (tertiary/aromatic N) is 3. The van der Waals surface area contributed by atoms with Crippen LogP contribution >= 0.6 is 0 Å². The van der Waals surface area contributed by atoms with Crippen LogP contribution in [0.1, 0.15) is 22.5 Å². The van der Waals surface area contributed by atoms with E-state index in [1.54, 1.807) is 32.2 Å². The smallest absolute Gasteiger partial charge is 0.261 e. The molecule has 3 rings (SSSR count). The van der Waals surface area contributed by atoms with Gasteiger partial charge in [-0.3, -0.25) is 19.3 Å². The molecule has 0 atom stereocenters. The Kier molecular flexibility index (Phi) is 5.07. The summed E-state index contributed by atoms with van der Waals surface area (Å²) in [7, 11) is 5.75. The Morgan fingerprint density at radius 1 is 1.11 bits per heavy atom. The summed E-state index contributed by atoms with van der Waals surface area (Å²) in [6, 6.07) is 4.04. The van der Waals surface area contributed by atoms with Crippen LogP contribution in [0.5, 0.6) is 5.75 Å². The lowest BCUT2D eigenvalue weighted by Crippen LogP contribution is -2.26. The van der Waals surface area contributed by atoms with Gasteiger partial charge in [0.2, 0.25) is 0 Å². The first-order chi connectivity index (χ1) is 12.8. The first kappa shape index (κ1) is 18.8. The van der Waals surface area contributed by atoms with Crippen molar-refractivity contribution in [3.05, 3.63) is 75.1 Å². The SMILES string of the molecule is [B]c1cc(-n2c(C)cc(OCc3ncc(F)cc3F)c(C)c2=O)c(C)cn1. The summed E-state index contributed by atoms with van der Waals surface area (Å²) in [6.07, 6.45) is 2.51. The minimum Gasteiger partial charge on any atom is -0.487 e. The zero-order valence-electron chi connectivity index (χ0n) is 15.1. The maximum Gasteiger partial charge on any atom is 0.261 e. The van der Waals surface area contributed by atoms with Crippen molar-refractivity contribution in [3.63, 3.8) is 0 Å². The van der Waals surface area contributed by atoms with Crippen molar-refractivity contribution in [3.8, 4) is 11.4 Å². The maximum atomic E-state index is 13.7. The van der Waals surface area contributed by atoms with Crippen LogP contribution in [0.15, 0.2) is 35.4 Å². The lowest BCUT2D eigenvalue weighted by Gasteiger charge is -2.17. The molecule has 0 saturated heterocycles. The molecule has 0 amide bonds. The molecule has 0 saturated carbocycles. The summed E-state index contributed by atoms with van der Waals surface area (Å²) < 4.78 is 33.8. The van der Waals surface area contributed by atoms with Crippen molar-refractivity contribution in [2.45, 2.75) is 27.4 Å². The van der Waals surface area contributed by atoms with Crippen LogP contribution in [0.4, 0.5) is 8.78 Å². The standard InChI is InChI=1S/C19H16BF2N3O2/c1-10-7-24-18(20)6-16(10)25-11(2)4-17(12(3)19(25)26)27-9-15-14(22)5-13(21)8-23-15/h4-8H,9H2,1-3H3. The minimum atomic E-state index is -0.805. The zero-order valence-corrected chi connectivity index (χ0v) is 15.1. The Balaban J connectivity index is 1.98. The van der Waals surface area contributed by atoms with E-state index in [0.717, 1.165) is 17.8 Å². The number of pyridine rings is 3. The van der Waals surface area contributed by atoms with E-state index in [-0.39, 0.29) is 17.9 Å². The molecule has 0 spiro atoms. The largest absolute Gasteiger partial charge is 0.487 e. The number of aryl methyl sites for hydroxylation is 2. The van der Waals surface area contributed by atoms with E-state index in [9.17, 15) is 13.6 Å². The van der Waals surface area contributed by atoms with Gasteiger partial charge in [0.1, 0.15) is 31.7 Å². The van der Waals surface area contributed by atoms with E-state index in [1.807, 2.05) is 6.92 Å². The molecule has 0 aliphatic heterocycles. The summed E-state index contributed by atoms with van der Waals surface area (Å²) in [5.41, 5.74) is 2.35. The number of hydrogen-bond donors (Lipinski definition) is 0. The molecule has 27 heavy (non-hydrogen) atoms. The van der Waals surface area contributed by atoms with Crippen molar-refractivity contribution >= 4 is 13.4 Å². The number of halogens is 2. The highest BCUT2D eigenvalue weighted by Gasteiger charge is 2.15. The van der Waals surface area contributed by atoms with Gasteiger partial charge in [0.25, 0.3) is 5.56 Å². The van der Waals surface area contributed by atoms with E-state index in [2.05, 4.69) is 9.97 Å². The van der Waals surface area contributed by atoms with Gasteiger partial charge in [-0.15, -0.1) is 0 Å². The molecule has 3 aromatic rings. The Bertz CT molecular complexity index is 1080. The van der Waals surface area contributed by atoms with Crippen LogP contribution in [0.3, 0.4) is 0 Å². The minimum absolute atomic E-state index is 0.0459. The summed E-state index contributed by atoms with van der Waals surface area (Å²) >= 11 is 0. The van der Waals surface area contributed by atoms with Gasteiger partial charge in [0, 0.05) is 24.0 Å². The maximum absolute atomic E-state index is 13.7. The van der Waals surface area contributed by atoms with Crippen molar-refractivity contribution in [2.24, 2.45) is 0 Å². The van der Waals surface area contributed by atoms with Gasteiger partial charge in [-0.05, 0) is 38.0 Å². The van der Waals surface area contributed by atoms with Gasteiger partial charge in [-0.25, -0.2) is 8.78 Å². The third-order valence-electron chi connectivity index (χ3n) is 4.17. The first-order valence-electron chi connectivity index (χ1n) is 8.16. The number of hydrogen-bond acceptors (Lipinski definition) is 4. The van der Waals surface area contributed by atoms with E-state index < -0.39 is 11.6 Å². The molecule has 0 unspecified atom stereocenters. The first-order valence-corrected chi connectivity index (χ1v) is 8.16. The molecule has 8 heteroatoms. The van der Waals surface area contributed by atoms with Gasteiger partial charge >= 0.3 is 0 Å². The third kappa shape index (κ3) is 3.74. The Hall–Kier alpha value is -3.03. The second kappa shape index (κ2) is 7.30. The van der Waals surface area contributed by atoms with Crippen LogP contribution in [0.2, 0.25) is 0 Å². The topological polar surface area (TPSA) is 57.0 Å². The summed E-state index contributed by atoms with van der Waals surface area (Å²) in [5.74, 6) is -1.27. The quantitative estimate of drug-likeness (QED) is 0.664. The molecule has 0 N–H and O–H groups in total.